The van der Waals surface area contributed by atoms with Crippen molar-refractivity contribution in [3.63, 3.8) is 0 Å². The Morgan fingerprint density at radius 2 is 1.67 bits per heavy atom. The SMILES string of the molecule is Cc1ccccc1C(=O)NCCC(=O)NCc1cccc(CN2CCN(C)CC2)c1. The highest BCUT2D eigenvalue weighted by Crippen LogP contribution is 2.11. The molecular weight excluding hydrogens is 376 g/mol. The Hall–Kier alpha value is -2.70. The molecule has 1 heterocycles. The molecule has 2 N–H and O–H groups in total. The third-order valence-electron chi connectivity index (χ3n) is 5.51. The first-order valence-electron chi connectivity index (χ1n) is 10.6. The first kappa shape index (κ1) is 22.0. The van der Waals surface area contributed by atoms with Crippen LogP contribution in [0.25, 0.3) is 0 Å². The lowest BCUT2D eigenvalue weighted by Crippen LogP contribution is -2.43. The van der Waals surface area contributed by atoms with Gasteiger partial charge >= 0.3 is 0 Å². The van der Waals surface area contributed by atoms with Gasteiger partial charge in [-0.1, -0.05) is 42.5 Å². The highest BCUT2D eigenvalue weighted by atomic mass is 16.2. The van der Waals surface area contributed by atoms with Crippen LogP contribution in [0.15, 0.2) is 48.5 Å². The van der Waals surface area contributed by atoms with Gasteiger partial charge in [-0.25, -0.2) is 0 Å². The van der Waals surface area contributed by atoms with Gasteiger partial charge in [0.05, 0.1) is 0 Å². The van der Waals surface area contributed by atoms with E-state index in [1.54, 1.807) is 6.07 Å². The second-order valence-electron chi connectivity index (χ2n) is 8.00. The third kappa shape index (κ3) is 6.68. The van der Waals surface area contributed by atoms with Crippen LogP contribution in [0.3, 0.4) is 0 Å². The number of nitrogens with zero attached hydrogens (tertiary/aromatic N) is 2. The number of carbonyl (C=O) groups is 2. The molecule has 2 aromatic rings. The number of nitrogens with one attached hydrogen (secondary N) is 2. The maximum atomic E-state index is 12.2. The van der Waals surface area contributed by atoms with Gasteiger partial charge in [-0.15, -0.1) is 0 Å². The molecule has 1 fully saturated rings. The number of aryl methyl sites for hydroxylation is 1. The summed E-state index contributed by atoms with van der Waals surface area (Å²) in [5.41, 5.74) is 3.95. The van der Waals surface area contributed by atoms with Crippen LogP contribution in [0.4, 0.5) is 0 Å². The van der Waals surface area contributed by atoms with E-state index in [4.69, 9.17) is 0 Å². The van der Waals surface area contributed by atoms with E-state index in [0.29, 0.717) is 18.7 Å². The van der Waals surface area contributed by atoms with Crippen molar-refractivity contribution >= 4 is 11.8 Å². The van der Waals surface area contributed by atoms with Gasteiger partial charge in [0.1, 0.15) is 0 Å². The van der Waals surface area contributed by atoms with E-state index in [1.165, 1.54) is 5.56 Å². The number of hydrogen-bond acceptors (Lipinski definition) is 4. The molecule has 6 heteroatoms. The van der Waals surface area contributed by atoms with E-state index in [0.717, 1.165) is 43.9 Å². The number of likely N-dealkylation sites (N-methyl/N-ethyl adjacent to an activating group) is 1. The van der Waals surface area contributed by atoms with Crippen molar-refractivity contribution in [2.75, 3.05) is 39.8 Å². The molecule has 0 radical (unpaired) electrons. The highest BCUT2D eigenvalue weighted by Gasteiger charge is 2.14. The molecule has 1 saturated heterocycles. The van der Waals surface area contributed by atoms with Crippen molar-refractivity contribution in [2.45, 2.75) is 26.4 Å². The molecule has 30 heavy (non-hydrogen) atoms. The molecule has 0 aromatic heterocycles. The van der Waals surface area contributed by atoms with E-state index >= 15 is 0 Å². The molecule has 0 unspecified atom stereocenters. The van der Waals surface area contributed by atoms with E-state index < -0.39 is 0 Å². The van der Waals surface area contributed by atoms with E-state index in [1.807, 2.05) is 31.2 Å². The Bertz CT molecular complexity index is 860. The highest BCUT2D eigenvalue weighted by molar-refractivity contribution is 5.95. The fraction of sp³-hybridized carbons (Fsp3) is 0.417. The Kier molecular flexibility index (Phi) is 7.99. The Balaban J connectivity index is 1.39. The summed E-state index contributed by atoms with van der Waals surface area (Å²) in [5, 5.41) is 5.77. The summed E-state index contributed by atoms with van der Waals surface area (Å²) in [6.45, 7) is 8.06. The maximum absolute atomic E-state index is 12.2. The lowest BCUT2D eigenvalue weighted by atomic mass is 10.1. The molecule has 160 valence electrons. The molecule has 1 aliphatic heterocycles. The fourth-order valence-corrected chi connectivity index (χ4v) is 3.60. The molecule has 6 nitrogen and oxygen atoms in total. The lowest BCUT2D eigenvalue weighted by Gasteiger charge is -2.32. The minimum atomic E-state index is -0.141. The van der Waals surface area contributed by atoms with Gasteiger partial charge in [-0.3, -0.25) is 14.5 Å². The summed E-state index contributed by atoms with van der Waals surface area (Å²) in [5.74, 6) is -0.206. The van der Waals surface area contributed by atoms with Gasteiger partial charge in [0.2, 0.25) is 5.91 Å². The van der Waals surface area contributed by atoms with Crippen LogP contribution in [0.5, 0.6) is 0 Å². The average Bonchev–Trinajstić information content (AvgIpc) is 2.74. The summed E-state index contributed by atoms with van der Waals surface area (Å²) in [6, 6.07) is 15.8. The van der Waals surface area contributed by atoms with Crippen LogP contribution in [-0.2, 0) is 17.9 Å². The number of piperazine rings is 1. The van der Waals surface area contributed by atoms with Crippen molar-refractivity contribution in [1.82, 2.24) is 20.4 Å². The zero-order chi connectivity index (χ0) is 21.3. The van der Waals surface area contributed by atoms with Crippen molar-refractivity contribution in [2.24, 2.45) is 0 Å². The Morgan fingerprint density at radius 1 is 0.933 bits per heavy atom. The quantitative estimate of drug-likeness (QED) is 0.703. The average molecular weight is 409 g/mol. The fourth-order valence-electron chi connectivity index (χ4n) is 3.60. The summed E-state index contributed by atoms with van der Waals surface area (Å²) in [7, 11) is 2.16. The second-order valence-corrected chi connectivity index (χ2v) is 8.00. The van der Waals surface area contributed by atoms with Crippen LogP contribution >= 0.6 is 0 Å². The van der Waals surface area contributed by atoms with Crippen molar-refractivity contribution in [1.29, 1.82) is 0 Å². The normalized spacial score (nSPS) is 15.0. The van der Waals surface area contributed by atoms with Gasteiger partial charge in [-0.05, 0) is 36.7 Å². The molecule has 0 aliphatic carbocycles. The minimum absolute atomic E-state index is 0.0652. The summed E-state index contributed by atoms with van der Waals surface area (Å²) >= 11 is 0. The van der Waals surface area contributed by atoms with Crippen LogP contribution < -0.4 is 10.6 Å². The van der Waals surface area contributed by atoms with E-state index in [2.05, 4.69) is 45.7 Å². The molecule has 3 rings (SSSR count). The van der Waals surface area contributed by atoms with Gasteiger partial charge in [0, 0.05) is 57.8 Å². The first-order valence-corrected chi connectivity index (χ1v) is 10.6. The molecular formula is C24H32N4O2. The number of amides is 2. The third-order valence-corrected chi connectivity index (χ3v) is 5.51. The molecule has 0 bridgehead atoms. The largest absolute Gasteiger partial charge is 0.352 e. The topological polar surface area (TPSA) is 64.7 Å². The number of benzene rings is 2. The predicted octanol–water partition coefficient (Wildman–Crippen LogP) is 2.18. The second kappa shape index (κ2) is 10.9. The van der Waals surface area contributed by atoms with E-state index in [-0.39, 0.29) is 18.2 Å². The molecule has 0 spiro atoms. The van der Waals surface area contributed by atoms with Crippen molar-refractivity contribution in [3.05, 3.63) is 70.8 Å². The monoisotopic (exact) mass is 408 g/mol. The number of rotatable bonds is 8. The van der Waals surface area contributed by atoms with Crippen molar-refractivity contribution < 1.29 is 9.59 Å². The Labute approximate surface area is 179 Å². The molecule has 2 amide bonds. The van der Waals surface area contributed by atoms with Crippen LogP contribution in [0.1, 0.15) is 33.5 Å². The zero-order valence-electron chi connectivity index (χ0n) is 18.0. The number of carbonyl (C=O) groups excluding carboxylic acids is 2. The summed E-state index contributed by atoms with van der Waals surface area (Å²) in [6.07, 6.45) is 0.263. The zero-order valence-corrected chi connectivity index (χ0v) is 18.0. The van der Waals surface area contributed by atoms with Crippen molar-refractivity contribution in [3.8, 4) is 0 Å². The van der Waals surface area contributed by atoms with Gasteiger partial charge in [-0.2, -0.15) is 0 Å². The minimum Gasteiger partial charge on any atom is -0.352 e. The first-order chi connectivity index (χ1) is 14.5. The predicted molar refractivity (Wildman–Crippen MR) is 119 cm³/mol. The van der Waals surface area contributed by atoms with E-state index in [9.17, 15) is 9.59 Å². The van der Waals surface area contributed by atoms with Gasteiger partial charge in [0.25, 0.3) is 5.91 Å². The summed E-state index contributed by atoms with van der Waals surface area (Å²) in [4.78, 5) is 29.2. The number of hydrogen-bond donors (Lipinski definition) is 2. The molecule has 2 aromatic carbocycles. The standard InChI is InChI=1S/C24H32N4O2/c1-19-6-3-4-9-22(19)24(30)25-11-10-23(29)26-17-20-7-5-8-21(16-20)18-28-14-12-27(2)13-15-28/h3-9,16H,10-15,17-18H2,1-2H3,(H,25,30)(H,26,29). The van der Waals surface area contributed by atoms with Crippen LogP contribution in [0, 0.1) is 6.92 Å². The molecule has 0 saturated carbocycles. The molecule has 0 atom stereocenters. The van der Waals surface area contributed by atoms with Crippen LogP contribution in [-0.4, -0.2) is 61.4 Å². The van der Waals surface area contributed by atoms with Gasteiger partial charge < -0.3 is 15.5 Å². The van der Waals surface area contributed by atoms with Gasteiger partial charge in [0.15, 0.2) is 0 Å². The molecule has 1 aliphatic rings. The van der Waals surface area contributed by atoms with Crippen LogP contribution in [0.2, 0.25) is 0 Å². The Morgan fingerprint density at radius 3 is 2.43 bits per heavy atom. The smallest absolute Gasteiger partial charge is 0.251 e. The lowest BCUT2D eigenvalue weighted by molar-refractivity contribution is -0.121. The summed E-state index contributed by atoms with van der Waals surface area (Å²) < 4.78 is 0. The maximum Gasteiger partial charge on any atom is 0.251 e.